The first-order valence-corrected chi connectivity index (χ1v) is 7.13. The Morgan fingerprint density at radius 3 is 2.27 bits per heavy atom. The van der Waals surface area contributed by atoms with Crippen molar-refractivity contribution in [2.24, 2.45) is 17.4 Å². The Balaban J connectivity index is 2.35. The van der Waals surface area contributed by atoms with E-state index in [-0.39, 0.29) is 10.2 Å². The van der Waals surface area contributed by atoms with Crippen molar-refractivity contribution in [2.75, 3.05) is 5.32 Å². The van der Waals surface area contributed by atoms with Gasteiger partial charge in [0.25, 0.3) is 0 Å². The molecule has 1 aliphatic heterocycles. The molecule has 7 nitrogen and oxygen atoms in total. The number of benzene rings is 1. The van der Waals surface area contributed by atoms with Crippen molar-refractivity contribution in [1.82, 2.24) is 0 Å². The Morgan fingerprint density at radius 2 is 1.77 bits per heavy atom. The number of hydrogen-bond donors (Lipinski definition) is 3. The molecule has 1 heterocycles. The van der Waals surface area contributed by atoms with Gasteiger partial charge in [-0.1, -0.05) is 17.7 Å². The molecule has 8 heteroatoms. The summed E-state index contributed by atoms with van der Waals surface area (Å²) < 4.78 is 5.13. The monoisotopic (exact) mass is 367 g/mol. The summed E-state index contributed by atoms with van der Waals surface area (Å²) in [7, 11) is 0. The molecule has 1 aromatic carbocycles. The number of hydrogen-bond acceptors (Lipinski definition) is 5. The number of aryl methyl sites for hydroxylation is 1. The largest absolute Gasteiger partial charge is 0.450 e. The van der Waals surface area contributed by atoms with E-state index in [2.05, 4.69) is 21.2 Å². The maximum atomic E-state index is 11.7. The molecular weight excluding hydrogens is 354 g/mol. The third-order valence-corrected chi connectivity index (χ3v) is 3.93. The highest BCUT2D eigenvalue weighted by atomic mass is 79.9. The Bertz CT molecular complexity index is 655. The third kappa shape index (κ3) is 3.11. The van der Waals surface area contributed by atoms with Crippen LogP contribution in [-0.2, 0) is 19.1 Å². The van der Waals surface area contributed by atoms with Gasteiger partial charge in [-0.15, -0.1) is 0 Å². The number of anilines is 1. The molecule has 0 bridgehead atoms. The number of amides is 2. The number of esters is 1. The lowest BCUT2D eigenvalue weighted by Crippen LogP contribution is -2.45. The van der Waals surface area contributed by atoms with Crippen molar-refractivity contribution in [1.29, 1.82) is 0 Å². The molecule has 2 rings (SSSR count). The summed E-state index contributed by atoms with van der Waals surface area (Å²) in [5.41, 5.74) is 12.3. The van der Waals surface area contributed by atoms with Crippen LogP contribution in [0.25, 0.3) is 0 Å². The Hall–Kier alpha value is -2.35. The SMILES string of the molecule is Cc1ccc(NC2=C(Br)C(=O)OC2C(C(N)=O)C(N)=O)cc1. The van der Waals surface area contributed by atoms with E-state index in [0.29, 0.717) is 5.69 Å². The molecule has 1 unspecified atom stereocenters. The van der Waals surface area contributed by atoms with E-state index >= 15 is 0 Å². The predicted octanol–water partition coefficient (Wildman–Crippen LogP) is 0.526. The molecule has 0 fully saturated rings. The van der Waals surface area contributed by atoms with E-state index in [0.717, 1.165) is 5.56 Å². The highest BCUT2D eigenvalue weighted by Crippen LogP contribution is 2.32. The molecule has 0 aliphatic carbocycles. The molecule has 0 spiro atoms. The van der Waals surface area contributed by atoms with Crippen LogP contribution < -0.4 is 16.8 Å². The molecule has 1 aliphatic rings. The first-order chi connectivity index (χ1) is 10.3. The minimum Gasteiger partial charge on any atom is -0.450 e. The second-order valence-electron chi connectivity index (χ2n) is 4.83. The van der Waals surface area contributed by atoms with Crippen LogP contribution >= 0.6 is 15.9 Å². The van der Waals surface area contributed by atoms with Gasteiger partial charge >= 0.3 is 5.97 Å². The summed E-state index contributed by atoms with van der Waals surface area (Å²) in [6.07, 6.45) is -1.18. The lowest BCUT2D eigenvalue weighted by atomic mass is 9.98. The Morgan fingerprint density at radius 1 is 1.23 bits per heavy atom. The molecule has 116 valence electrons. The van der Waals surface area contributed by atoms with Crippen LogP contribution in [-0.4, -0.2) is 23.9 Å². The van der Waals surface area contributed by atoms with Crippen LogP contribution in [0.1, 0.15) is 5.56 Å². The van der Waals surface area contributed by atoms with Gasteiger partial charge in [-0.25, -0.2) is 4.79 Å². The van der Waals surface area contributed by atoms with E-state index in [4.69, 9.17) is 16.2 Å². The van der Waals surface area contributed by atoms with Crippen LogP contribution in [0.3, 0.4) is 0 Å². The lowest BCUT2D eigenvalue weighted by Gasteiger charge is -2.20. The number of halogens is 1. The van der Waals surface area contributed by atoms with E-state index in [1.165, 1.54) is 0 Å². The third-order valence-electron chi connectivity index (χ3n) is 3.18. The molecule has 0 saturated heterocycles. The second kappa shape index (κ2) is 6.18. The van der Waals surface area contributed by atoms with Crippen LogP contribution in [0.15, 0.2) is 34.4 Å². The molecule has 2 amide bonds. The Labute approximate surface area is 134 Å². The minimum absolute atomic E-state index is 0.0885. The van der Waals surface area contributed by atoms with Gasteiger partial charge in [0.1, 0.15) is 4.48 Å². The molecular formula is C14H14BrN3O4. The summed E-state index contributed by atoms with van der Waals surface area (Å²) in [4.78, 5) is 34.6. The summed E-state index contributed by atoms with van der Waals surface area (Å²) in [6.45, 7) is 1.93. The standard InChI is InChI=1S/C14H14BrN3O4/c1-6-2-4-7(5-3-6)18-10-9(15)14(21)22-11(10)8(12(16)19)13(17)20/h2-5,8,11,18H,1H3,(H2,16,19)(H2,17,20). The van der Waals surface area contributed by atoms with E-state index in [1.54, 1.807) is 12.1 Å². The van der Waals surface area contributed by atoms with Gasteiger partial charge < -0.3 is 21.5 Å². The fourth-order valence-electron chi connectivity index (χ4n) is 2.05. The van der Waals surface area contributed by atoms with Gasteiger partial charge in [0.15, 0.2) is 12.0 Å². The highest BCUT2D eigenvalue weighted by molar-refractivity contribution is 9.12. The number of carbonyl (C=O) groups excluding carboxylic acids is 3. The van der Waals surface area contributed by atoms with Crippen molar-refractivity contribution in [3.05, 3.63) is 40.0 Å². The topological polar surface area (TPSA) is 125 Å². The second-order valence-corrected chi connectivity index (χ2v) is 5.62. The minimum atomic E-state index is -1.45. The van der Waals surface area contributed by atoms with Crippen LogP contribution in [0.5, 0.6) is 0 Å². The summed E-state index contributed by atoms with van der Waals surface area (Å²) in [5, 5.41) is 2.96. The average molecular weight is 368 g/mol. The van der Waals surface area contributed by atoms with Gasteiger partial charge in [-0.05, 0) is 35.0 Å². The smallest absolute Gasteiger partial charge is 0.347 e. The molecule has 5 N–H and O–H groups in total. The van der Waals surface area contributed by atoms with E-state index in [9.17, 15) is 14.4 Å². The molecule has 0 saturated carbocycles. The zero-order valence-corrected chi connectivity index (χ0v) is 13.2. The van der Waals surface area contributed by atoms with Crippen molar-refractivity contribution >= 4 is 39.4 Å². The summed E-state index contributed by atoms with van der Waals surface area (Å²) in [5.74, 6) is -4.08. The van der Waals surface area contributed by atoms with E-state index in [1.807, 2.05) is 19.1 Å². The van der Waals surface area contributed by atoms with Crippen molar-refractivity contribution in [3.63, 3.8) is 0 Å². The van der Waals surface area contributed by atoms with Crippen molar-refractivity contribution < 1.29 is 19.1 Å². The molecule has 22 heavy (non-hydrogen) atoms. The summed E-state index contributed by atoms with van der Waals surface area (Å²) >= 11 is 3.09. The molecule has 0 aromatic heterocycles. The van der Waals surface area contributed by atoms with Gasteiger partial charge in [0, 0.05) is 5.69 Å². The van der Waals surface area contributed by atoms with Gasteiger partial charge in [-0.2, -0.15) is 0 Å². The zero-order chi connectivity index (χ0) is 16.4. The fourth-order valence-corrected chi connectivity index (χ4v) is 2.47. The first kappa shape index (κ1) is 16.0. The quantitative estimate of drug-likeness (QED) is 0.516. The Kier molecular flexibility index (Phi) is 4.51. The van der Waals surface area contributed by atoms with Gasteiger partial charge in [0.05, 0.1) is 5.70 Å². The molecule has 1 aromatic rings. The highest BCUT2D eigenvalue weighted by Gasteiger charge is 2.44. The lowest BCUT2D eigenvalue weighted by molar-refractivity contribution is -0.146. The van der Waals surface area contributed by atoms with Crippen LogP contribution in [0, 0.1) is 12.8 Å². The zero-order valence-electron chi connectivity index (χ0n) is 11.6. The van der Waals surface area contributed by atoms with Crippen molar-refractivity contribution in [3.8, 4) is 0 Å². The van der Waals surface area contributed by atoms with Crippen LogP contribution in [0.4, 0.5) is 5.69 Å². The number of nitrogens with one attached hydrogen (secondary N) is 1. The molecule has 1 atom stereocenters. The fraction of sp³-hybridized carbons (Fsp3) is 0.214. The number of ether oxygens (including phenoxy) is 1. The maximum absolute atomic E-state index is 11.7. The number of cyclic esters (lactones) is 1. The first-order valence-electron chi connectivity index (χ1n) is 6.34. The number of nitrogens with two attached hydrogens (primary N) is 2. The summed E-state index contributed by atoms with van der Waals surface area (Å²) in [6, 6.07) is 7.30. The maximum Gasteiger partial charge on any atom is 0.347 e. The number of rotatable bonds is 5. The number of primary amides is 2. The predicted molar refractivity (Wildman–Crippen MR) is 82.5 cm³/mol. The van der Waals surface area contributed by atoms with E-state index < -0.39 is 29.8 Å². The van der Waals surface area contributed by atoms with Gasteiger partial charge in [-0.3, -0.25) is 9.59 Å². The average Bonchev–Trinajstić information content (AvgIpc) is 2.69. The normalized spacial score (nSPS) is 17.6. The number of carbonyl (C=O) groups is 3. The molecule has 0 radical (unpaired) electrons. The van der Waals surface area contributed by atoms with Crippen molar-refractivity contribution in [2.45, 2.75) is 13.0 Å². The van der Waals surface area contributed by atoms with Gasteiger partial charge in [0.2, 0.25) is 11.8 Å². The van der Waals surface area contributed by atoms with Crippen LogP contribution in [0.2, 0.25) is 0 Å².